The van der Waals surface area contributed by atoms with Crippen molar-refractivity contribution in [1.29, 1.82) is 0 Å². The van der Waals surface area contributed by atoms with Gasteiger partial charge in [-0.05, 0) is 19.4 Å². The lowest BCUT2D eigenvalue weighted by atomic mass is 10.1. The number of carboxylic acid groups (broad SMARTS) is 1. The summed E-state index contributed by atoms with van der Waals surface area (Å²) < 4.78 is 25.0. The van der Waals surface area contributed by atoms with Gasteiger partial charge in [-0.15, -0.1) is 5.10 Å². The SMILES string of the molecule is Cc1nnc(C(=O)O)c(C(F)F)c1C. The minimum absolute atomic E-state index is 0.174. The fraction of sp³-hybridized carbons (Fsp3) is 0.375. The number of halogens is 2. The number of nitrogens with zero attached hydrogens (tertiary/aromatic N) is 2. The number of hydrogen-bond donors (Lipinski definition) is 1. The van der Waals surface area contributed by atoms with Crippen LogP contribution in [0.3, 0.4) is 0 Å². The highest BCUT2D eigenvalue weighted by atomic mass is 19.3. The molecule has 14 heavy (non-hydrogen) atoms. The molecule has 0 aliphatic heterocycles. The molecule has 1 aromatic rings. The summed E-state index contributed by atoms with van der Waals surface area (Å²) in [5, 5.41) is 15.3. The summed E-state index contributed by atoms with van der Waals surface area (Å²) in [5.41, 5.74) is -0.745. The van der Waals surface area contributed by atoms with E-state index in [1.165, 1.54) is 13.8 Å². The van der Waals surface area contributed by atoms with Crippen molar-refractivity contribution >= 4 is 5.97 Å². The monoisotopic (exact) mass is 202 g/mol. The van der Waals surface area contributed by atoms with Crippen LogP contribution in [0.5, 0.6) is 0 Å². The summed E-state index contributed by atoms with van der Waals surface area (Å²) in [5.74, 6) is -1.49. The van der Waals surface area contributed by atoms with Crippen molar-refractivity contribution in [1.82, 2.24) is 10.2 Å². The molecule has 0 atom stereocenters. The molecule has 0 fully saturated rings. The zero-order valence-electron chi connectivity index (χ0n) is 7.58. The lowest BCUT2D eigenvalue weighted by Crippen LogP contribution is -2.11. The van der Waals surface area contributed by atoms with Gasteiger partial charge >= 0.3 is 5.97 Å². The van der Waals surface area contributed by atoms with E-state index in [1.54, 1.807) is 0 Å². The Hall–Kier alpha value is -1.59. The first kappa shape index (κ1) is 10.5. The van der Waals surface area contributed by atoms with Gasteiger partial charge in [0.25, 0.3) is 6.43 Å². The van der Waals surface area contributed by atoms with Crippen LogP contribution < -0.4 is 0 Å². The predicted molar refractivity (Wildman–Crippen MR) is 43.4 cm³/mol. The van der Waals surface area contributed by atoms with Gasteiger partial charge in [-0.25, -0.2) is 13.6 Å². The van der Waals surface area contributed by atoms with Crippen LogP contribution in [-0.2, 0) is 0 Å². The highest BCUT2D eigenvalue weighted by Crippen LogP contribution is 2.25. The second-order valence-corrected chi connectivity index (χ2v) is 2.78. The Morgan fingerprint density at radius 1 is 1.36 bits per heavy atom. The molecular formula is C8H8F2N2O2. The van der Waals surface area contributed by atoms with Crippen LogP contribution in [0.2, 0.25) is 0 Å². The van der Waals surface area contributed by atoms with E-state index in [-0.39, 0.29) is 5.56 Å². The average Bonchev–Trinajstić information content (AvgIpc) is 2.08. The zero-order valence-corrected chi connectivity index (χ0v) is 7.58. The summed E-state index contributed by atoms with van der Waals surface area (Å²) in [6.07, 6.45) is -2.85. The van der Waals surface area contributed by atoms with Crippen LogP contribution in [-0.4, -0.2) is 21.3 Å². The number of rotatable bonds is 2. The van der Waals surface area contributed by atoms with Crippen molar-refractivity contribution < 1.29 is 18.7 Å². The fourth-order valence-corrected chi connectivity index (χ4v) is 1.05. The van der Waals surface area contributed by atoms with Gasteiger partial charge in [0.1, 0.15) is 0 Å². The fourth-order valence-electron chi connectivity index (χ4n) is 1.05. The molecule has 1 heterocycles. The molecule has 1 rings (SSSR count). The molecule has 1 aromatic heterocycles. The van der Waals surface area contributed by atoms with Crippen LogP contribution in [0.25, 0.3) is 0 Å². The minimum Gasteiger partial charge on any atom is -0.476 e. The summed E-state index contributed by atoms with van der Waals surface area (Å²) in [6, 6.07) is 0. The molecule has 0 saturated carbocycles. The first-order valence-electron chi connectivity index (χ1n) is 3.80. The second kappa shape index (κ2) is 3.65. The standard InChI is InChI=1S/C8H8F2N2O2/c1-3-4(2)11-12-6(8(13)14)5(3)7(9)10/h7H,1-2H3,(H,13,14). The topological polar surface area (TPSA) is 63.1 Å². The largest absolute Gasteiger partial charge is 0.476 e. The van der Waals surface area contributed by atoms with Crippen molar-refractivity contribution in [3.63, 3.8) is 0 Å². The molecule has 6 heteroatoms. The molecule has 0 aromatic carbocycles. The Bertz CT molecular complexity index is 380. The lowest BCUT2D eigenvalue weighted by Gasteiger charge is -2.08. The maximum absolute atomic E-state index is 12.5. The van der Waals surface area contributed by atoms with Crippen molar-refractivity contribution in [3.8, 4) is 0 Å². The normalized spacial score (nSPS) is 10.6. The maximum atomic E-state index is 12.5. The smallest absolute Gasteiger partial charge is 0.356 e. The number of carbonyl (C=O) groups is 1. The zero-order chi connectivity index (χ0) is 10.9. The first-order valence-corrected chi connectivity index (χ1v) is 3.80. The van der Waals surface area contributed by atoms with Gasteiger partial charge in [0, 0.05) is 0 Å². The van der Waals surface area contributed by atoms with Crippen LogP contribution in [0, 0.1) is 13.8 Å². The highest BCUT2D eigenvalue weighted by Gasteiger charge is 2.23. The molecule has 76 valence electrons. The van der Waals surface area contributed by atoms with E-state index in [2.05, 4.69) is 10.2 Å². The first-order chi connectivity index (χ1) is 6.45. The summed E-state index contributed by atoms with van der Waals surface area (Å²) in [6.45, 7) is 2.90. The molecular weight excluding hydrogens is 194 g/mol. The molecule has 0 aliphatic carbocycles. The quantitative estimate of drug-likeness (QED) is 0.793. The summed E-state index contributed by atoms with van der Waals surface area (Å²) in [7, 11) is 0. The van der Waals surface area contributed by atoms with E-state index in [9.17, 15) is 13.6 Å². The summed E-state index contributed by atoms with van der Waals surface area (Å²) in [4.78, 5) is 10.6. The van der Waals surface area contributed by atoms with Crippen molar-refractivity contribution in [2.24, 2.45) is 0 Å². The number of aromatic carboxylic acids is 1. The van der Waals surface area contributed by atoms with E-state index in [1.807, 2.05) is 0 Å². The van der Waals surface area contributed by atoms with Crippen molar-refractivity contribution in [3.05, 3.63) is 22.5 Å². The van der Waals surface area contributed by atoms with E-state index >= 15 is 0 Å². The number of hydrogen-bond acceptors (Lipinski definition) is 3. The molecule has 0 aliphatic rings. The predicted octanol–water partition coefficient (Wildman–Crippen LogP) is 1.73. The van der Waals surface area contributed by atoms with Gasteiger partial charge in [-0.2, -0.15) is 5.10 Å². The average molecular weight is 202 g/mol. The number of aryl methyl sites for hydroxylation is 1. The van der Waals surface area contributed by atoms with E-state index in [0.717, 1.165) is 0 Å². The second-order valence-electron chi connectivity index (χ2n) is 2.78. The molecule has 0 saturated heterocycles. The highest BCUT2D eigenvalue weighted by molar-refractivity contribution is 5.87. The Kier molecular flexibility index (Phi) is 2.73. The van der Waals surface area contributed by atoms with Gasteiger partial charge < -0.3 is 5.11 Å². The van der Waals surface area contributed by atoms with Gasteiger partial charge in [0.2, 0.25) is 0 Å². The molecule has 0 radical (unpaired) electrons. The molecule has 0 amide bonds. The molecule has 0 bridgehead atoms. The Morgan fingerprint density at radius 3 is 2.36 bits per heavy atom. The number of alkyl halides is 2. The molecule has 4 nitrogen and oxygen atoms in total. The Labute approximate surface area is 78.6 Å². The van der Waals surface area contributed by atoms with E-state index < -0.39 is 23.7 Å². The van der Waals surface area contributed by atoms with Crippen molar-refractivity contribution in [2.45, 2.75) is 20.3 Å². The molecule has 0 unspecified atom stereocenters. The van der Waals surface area contributed by atoms with Gasteiger partial charge in [0.05, 0.1) is 11.3 Å². The van der Waals surface area contributed by atoms with Gasteiger partial charge in [0.15, 0.2) is 5.69 Å². The Morgan fingerprint density at radius 2 is 1.93 bits per heavy atom. The minimum atomic E-state index is -2.85. The van der Waals surface area contributed by atoms with Crippen molar-refractivity contribution in [2.75, 3.05) is 0 Å². The summed E-state index contributed by atoms with van der Waals surface area (Å²) >= 11 is 0. The lowest BCUT2D eigenvalue weighted by molar-refractivity contribution is 0.0674. The third-order valence-corrected chi connectivity index (χ3v) is 1.92. The maximum Gasteiger partial charge on any atom is 0.356 e. The number of carboxylic acids is 1. The van der Waals surface area contributed by atoms with Crippen LogP contribution in [0.15, 0.2) is 0 Å². The number of aromatic nitrogens is 2. The van der Waals surface area contributed by atoms with E-state index in [4.69, 9.17) is 5.11 Å². The third-order valence-electron chi connectivity index (χ3n) is 1.92. The van der Waals surface area contributed by atoms with Gasteiger partial charge in [-0.3, -0.25) is 0 Å². The Balaban J connectivity index is 3.45. The van der Waals surface area contributed by atoms with Gasteiger partial charge in [-0.1, -0.05) is 0 Å². The van der Waals surface area contributed by atoms with Crippen LogP contribution >= 0.6 is 0 Å². The molecule has 1 N–H and O–H groups in total. The molecule has 0 spiro atoms. The van der Waals surface area contributed by atoms with Crippen LogP contribution in [0.4, 0.5) is 8.78 Å². The van der Waals surface area contributed by atoms with Crippen LogP contribution in [0.1, 0.15) is 33.7 Å². The third kappa shape index (κ3) is 1.68. The van der Waals surface area contributed by atoms with E-state index in [0.29, 0.717) is 5.69 Å².